The van der Waals surface area contributed by atoms with Gasteiger partial charge in [0.05, 0.1) is 11.3 Å². The molecule has 1 aromatic carbocycles. The lowest BCUT2D eigenvalue weighted by Gasteiger charge is -2.17. The minimum atomic E-state index is -4.72. The molecule has 0 spiro atoms. The van der Waals surface area contributed by atoms with Gasteiger partial charge in [0.1, 0.15) is 11.3 Å². The molecule has 1 unspecified atom stereocenters. The number of nitrogens with one attached hydrogen (secondary N) is 1. The fourth-order valence-corrected chi connectivity index (χ4v) is 4.16. The summed E-state index contributed by atoms with van der Waals surface area (Å²) in [6.07, 6.45) is -2.75. The van der Waals surface area contributed by atoms with E-state index < -0.39 is 17.4 Å². The minimum absolute atomic E-state index is 0.0392. The molecule has 1 aliphatic rings. The van der Waals surface area contributed by atoms with E-state index >= 15 is 0 Å². The number of benzene rings is 1. The molecular weight excluding hydrogens is 425 g/mol. The monoisotopic (exact) mass is 444 g/mol. The Morgan fingerprint density at radius 3 is 2.56 bits per heavy atom. The van der Waals surface area contributed by atoms with Gasteiger partial charge in [0.2, 0.25) is 0 Å². The zero-order valence-electron chi connectivity index (χ0n) is 17.3. The molecule has 0 amide bonds. The summed E-state index contributed by atoms with van der Waals surface area (Å²) < 4.78 is 48.0. The Labute approximate surface area is 179 Å². The maximum Gasteiger partial charge on any atom is 0.433 e. The van der Waals surface area contributed by atoms with Gasteiger partial charge in [0.15, 0.2) is 5.65 Å². The zero-order valence-corrected chi connectivity index (χ0v) is 17.3. The number of nitrogens with zero attached hydrogens (tertiary/aromatic N) is 5. The number of rotatable bonds is 3. The number of alkyl halides is 3. The predicted octanol–water partition coefficient (Wildman–Crippen LogP) is 4.06. The number of hydrogen-bond acceptors (Lipinski definition) is 6. The van der Waals surface area contributed by atoms with Gasteiger partial charge in [0, 0.05) is 12.6 Å². The number of aromatic nitrogens is 5. The van der Waals surface area contributed by atoms with Gasteiger partial charge >= 0.3 is 12.2 Å². The van der Waals surface area contributed by atoms with Crippen LogP contribution in [-0.4, -0.2) is 37.4 Å². The number of H-pyrrole nitrogens is 1. The van der Waals surface area contributed by atoms with Crippen molar-refractivity contribution in [1.82, 2.24) is 24.8 Å². The van der Waals surface area contributed by atoms with Gasteiger partial charge in [-0.15, -0.1) is 5.10 Å². The molecule has 1 atom stereocenters. The third kappa shape index (κ3) is 3.15. The first-order chi connectivity index (χ1) is 15.3. The van der Waals surface area contributed by atoms with Crippen molar-refractivity contribution in [3.8, 4) is 22.6 Å². The Morgan fingerprint density at radius 1 is 1.16 bits per heavy atom. The van der Waals surface area contributed by atoms with E-state index in [2.05, 4.69) is 20.3 Å². The Kier molecular flexibility index (Phi) is 4.57. The largest absolute Gasteiger partial charge is 0.433 e. The Morgan fingerprint density at radius 2 is 1.91 bits per heavy atom. The standard InChI is InChI=1S/C21H19F3N6O2/c1-11-7-6-10-29(11)20-27-26-18(32-20)14-12(2)25-17-15(13-8-4-3-5-9-13)16(21(22,23)24)28-30(17)19(14)31/h3-5,8-9,11,28H,6-7,10H2,1-2H3. The molecule has 166 valence electrons. The zero-order chi connectivity index (χ0) is 22.6. The molecular formula is C21H19F3N6O2. The second kappa shape index (κ2) is 7.21. The van der Waals surface area contributed by atoms with Crippen LogP contribution in [0.25, 0.3) is 28.2 Å². The van der Waals surface area contributed by atoms with E-state index in [0.29, 0.717) is 5.56 Å². The number of hydrogen-bond donors (Lipinski definition) is 1. The van der Waals surface area contributed by atoms with E-state index in [0.717, 1.165) is 23.9 Å². The molecule has 1 aliphatic heterocycles. The summed E-state index contributed by atoms with van der Waals surface area (Å²) in [5.41, 5.74) is -1.66. The molecule has 1 saturated heterocycles. The molecule has 4 heterocycles. The van der Waals surface area contributed by atoms with Gasteiger partial charge < -0.3 is 9.32 Å². The Balaban J connectivity index is 1.71. The van der Waals surface area contributed by atoms with Gasteiger partial charge in [0.25, 0.3) is 11.4 Å². The topological polar surface area (TPSA) is 92.3 Å². The summed E-state index contributed by atoms with van der Waals surface area (Å²) >= 11 is 0. The van der Waals surface area contributed by atoms with Gasteiger partial charge in [-0.3, -0.25) is 9.89 Å². The van der Waals surface area contributed by atoms with Gasteiger partial charge in [-0.25, -0.2) is 4.98 Å². The number of anilines is 1. The van der Waals surface area contributed by atoms with Crippen LogP contribution >= 0.6 is 0 Å². The molecule has 0 radical (unpaired) electrons. The molecule has 3 aromatic heterocycles. The van der Waals surface area contributed by atoms with Crippen molar-refractivity contribution >= 4 is 11.7 Å². The van der Waals surface area contributed by atoms with Crippen LogP contribution in [0.5, 0.6) is 0 Å². The van der Waals surface area contributed by atoms with Crippen LogP contribution in [0.3, 0.4) is 0 Å². The third-order valence-corrected chi connectivity index (χ3v) is 5.73. The lowest BCUT2D eigenvalue weighted by Crippen LogP contribution is -2.26. The maximum absolute atomic E-state index is 13.8. The van der Waals surface area contributed by atoms with Crippen LogP contribution in [0.1, 0.15) is 31.2 Å². The van der Waals surface area contributed by atoms with Crippen LogP contribution in [0.2, 0.25) is 0 Å². The van der Waals surface area contributed by atoms with E-state index in [4.69, 9.17) is 4.42 Å². The van der Waals surface area contributed by atoms with E-state index in [9.17, 15) is 18.0 Å². The highest BCUT2D eigenvalue weighted by molar-refractivity contribution is 5.81. The van der Waals surface area contributed by atoms with Crippen molar-refractivity contribution in [3.63, 3.8) is 0 Å². The Hall–Kier alpha value is -3.63. The van der Waals surface area contributed by atoms with E-state index in [1.807, 2.05) is 11.8 Å². The first-order valence-corrected chi connectivity index (χ1v) is 10.1. The molecule has 0 aliphatic carbocycles. The highest BCUT2D eigenvalue weighted by Crippen LogP contribution is 2.38. The Bertz CT molecular complexity index is 1360. The fraction of sp³-hybridized carbons (Fsp3) is 0.333. The molecule has 1 N–H and O–H groups in total. The van der Waals surface area contributed by atoms with Crippen LogP contribution in [0.4, 0.5) is 19.2 Å². The lowest BCUT2D eigenvalue weighted by atomic mass is 10.1. The molecule has 4 aromatic rings. The van der Waals surface area contributed by atoms with Crippen LogP contribution in [0, 0.1) is 6.92 Å². The second-order valence-electron chi connectivity index (χ2n) is 7.84. The number of fused-ring (bicyclic) bond motifs is 1. The number of halogens is 3. The molecule has 1 fully saturated rings. The van der Waals surface area contributed by atoms with Crippen molar-refractivity contribution in [3.05, 3.63) is 52.1 Å². The summed E-state index contributed by atoms with van der Waals surface area (Å²) in [6.45, 7) is 4.32. The van der Waals surface area contributed by atoms with Crippen molar-refractivity contribution in [2.45, 2.75) is 38.9 Å². The number of aromatic amines is 1. The van der Waals surface area contributed by atoms with Gasteiger partial charge in [-0.05, 0) is 32.3 Å². The lowest BCUT2D eigenvalue weighted by molar-refractivity contribution is -0.140. The first-order valence-electron chi connectivity index (χ1n) is 10.1. The fourth-order valence-electron chi connectivity index (χ4n) is 4.16. The maximum atomic E-state index is 13.8. The normalized spacial score (nSPS) is 16.9. The van der Waals surface area contributed by atoms with E-state index in [1.165, 1.54) is 19.1 Å². The summed E-state index contributed by atoms with van der Waals surface area (Å²) in [5.74, 6) is -0.0760. The minimum Gasteiger partial charge on any atom is -0.403 e. The smallest absolute Gasteiger partial charge is 0.403 e. The summed E-state index contributed by atoms with van der Waals surface area (Å²) in [6, 6.07) is 8.52. The second-order valence-corrected chi connectivity index (χ2v) is 7.84. The molecule has 11 heteroatoms. The SMILES string of the molecule is Cc1nc2c(-c3ccccc3)c(C(F)(F)F)[nH]n2c(=O)c1-c1nnc(N2CCCC2C)o1. The van der Waals surface area contributed by atoms with Crippen LogP contribution < -0.4 is 10.5 Å². The van der Waals surface area contributed by atoms with Gasteiger partial charge in [-0.2, -0.15) is 17.7 Å². The number of aryl methyl sites for hydroxylation is 1. The average molecular weight is 444 g/mol. The quantitative estimate of drug-likeness (QED) is 0.513. The summed E-state index contributed by atoms with van der Waals surface area (Å²) in [4.78, 5) is 19.5. The van der Waals surface area contributed by atoms with Crippen molar-refractivity contribution in [1.29, 1.82) is 0 Å². The van der Waals surface area contributed by atoms with Crippen molar-refractivity contribution in [2.24, 2.45) is 0 Å². The summed E-state index contributed by atoms with van der Waals surface area (Å²) in [7, 11) is 0. The highest BCUT2D eigenvalue weighted by Gasteiger charge is 2.38. The van der Waals surface area contributed by atoms with Crippen molar-refractivity contribution < 1.29 is 17.6 Å². The molecule has 0 bridgehead atoms. The predicted molar refractivity (Wildman–Crippen MR) is 110 cm³/mol. The summed E-state index contributed by atoms with van der Waals surface area (Å²) in [5, 5.41) is 10.2. The first kappa shape index (κ1) is 20.3. The molecule has 5 rings (SSSR count). The highest BCUT2D eigenvalue weighted by atomic mass is 19.4. The third-order valence-electron chi connectivity index (χ3n) is 5.73. The van der Waals surface area contributed by atoms with Crippen LogP contribution in [0.15, 0.2) is 39.5 Å². The molecule has 32 heavy (non-hydrogen) atoms. The molecule has 0 saturated carbocycles. The molecule has 8 nitrogen and oxygen atoms in total. The van der Waals surface area contributed by atoms with Gasteiger partial charge in [-0.1, -0.05) is 35.4 Å². The van der Waals surface area contributed by atoms with Crippen molar-refractivity contribution in [2.75, 3.05) is 11.4 Å². The van der Waals surface area contributed by atoms with Crippen LogP contribution in [-0.2, 0) is 6.18 Å². The average Bonchev–Trinajstić information content (AvgIpc) is 3.46. The van der Waals surface area contributed by atoms with E-state index in [1.54, 1.807) is 18.2 Å². The van der Waals surface area contributed by atoms with E-state index in [-0.39, 0.29) is 40.4 Å².